The average molecular weight is 554 g/mol. The number of aliphatic hydroxyl groups is 1. The second kappa shape index (κ2) is 14.8. The zero-order valence-corrected chi connectivity index (χ0v) is 25.4. The van der Waals surface area contributed by atoms with E-state index in [0.717, 1.165) is 41.5 Å². The molecule has 0 aliphatic heterocycles. The van der Waals surface area contributed by atoms with Crippen LogP contribution in [0.4, 0.5) is 10.5 Å². The molecule has 220 valence electrons. The zero-order valence-electron chi connectivity index (χ0n) is 25.4. The molecule has 40 heavy (non-hydrogen) atoms. The van der Waals surface area contributed by atoms with Crippen LogP contribution in [0.25, 0.3) is 0 Å². The number of ether oxygens (including phenoxy) is 1. The van der Waals surface area contributed by atoms with Crippen LogP contribution < -0.4 is 10.6 Å². The van der Waals surface area contributed by atoms with Crippen molar-refractivity contribution in [2.24, 2.45) is 0 Å². The first-order valence-corrected chi connectivity index (χ1v) is 14.1. The van der Waals surface area contributed by atoms with E-state index in [-0.39, 0.29) is 12.5 Å². The number of unbranched alkanes of at least 4 members (excludes halogenated alkanes) is 3. The third-order valence-corrected chi connectivity index (χ3v) is 6.84. The first-order chi connectivity index (χ1) is 18.8. The number of hydrogen-bond acceptors (Lipinski definition) is 5. The van der Waals surface area contributed by atoms with Gasteiger partial charge in [0.25, 0.3) is 5.91 Å². The highest BCUT2D eigenvalue weighted by Crippen LogP contribution is 2.28. The summed E-state index contributed by atoms with van der Waals surface area (Å²) in [5.74, 6) is -0.914. The Morgan fingerprint density at radius 2 is 1.57 bits per heavy atom. The maximum absolute atomic E-state index is 14.1. The van der Waals surface area contributed by atoms with E-state index in [1.807, 2.05) is 64.1 Å². The van der Waals surface area contributed by atoms with Crippen LogP contribution in [0.15, 0.2) is 36.4 Å². The molecule has 0 aliphatic rings. The highest BCUT2D eigenvalue weighted by atomic mass is 16.6. The number of amides is 3. The standard InChI is InChI=1S/C32H47N3O5/c1-9-10-11-12-18-35(30(38)26(20-36)33-31(39)40-32(6,7)8)28(25-17-16-21(2)24(5)19-25)29(37)34-27-22(3)14-13-15-23(27)4/h13-17,19,26,28,36H,9-12,18,20H2,1-8H3,(H,33,39)(H,34,37). The van der Waals surface area contributed by atoms with Gasteiger partial charge < -0.3 is 25.4 Å². The van der Waals surface area contributed by atoms with E-state index < -0.39 is 36.3 Å². The molecule has 8 nitrogen and oxygen atoms in total. The summed E-state index contributed by atoms with van der Waals surface area (Å²) >= 11 is 0. The van der Waals surface area contributed by atoms with E-state index in [9.17, 15) is 19.5 Å². The van der Waals surface area contributed by atoms with Crippen LogP contribution in [0.3, 0.4) is 0 Å². The van der Waals surface area contributed by atoms with Gasteiger partial charge in [-0.3, -0.25) is 9.59 Å². The van der Waals surface area contributed by atoms with E-state index in [1.54, 1.807) is 20.8 Å². The fourth-order valence-corrected chi connectivity index (χ4v) is 4.52. The Kier molecular flexibility index (Phi) is 12.2. The fraction of sp³-hybridized carbons (Fsp3) is 0.531. The average Bonchev–Trinajstić information content (AvgIpc) is 2.87. The van der Waals surface area contributed by atoms with Crippen LogP contribution in [-0.4, -0.2) is 52.7 Å². The summed E-state index contributed by atoms with van der Waals surface area (Å²) in [6, 6.07) is 9.24. The Labute approximate surface area is 239 Å². The van der Waals surface area contributed by atoms with Crippen molar-refractivity contribution in [3.8, 4) is 0 Å². The minimum atomic E-state index is -1.27. The van der Waals surface area contributed by atoms with Crippen molar-refractivity contribution in [2.75, 3.05) is 18.5 Å². The molecule has 3 amide bonds. The summed E-state index contributed by atoms with van der Waals surface area (Å²) in [6.45, 7) is 14.7. The first kappa shape index (κ1) is 32.8. The SMILES string of the molecule is CCCCCCN(C(=O)C(CO)NC(=O)OC(C)(C)C)C(C(=O)Nc1c(C)cccc1C)c1ccc(C)c(C)c1. The number of carbonyl (C=O) groups is 3. The highest BCUT2D eigenvalue weighted by Gasteiger charge is 2.36. The van der Waals surface area contributed by atoms with Gasteiger partial charge in [0, 0.05) is 12.2 Å². The maximum atomic E-state index is 14.1. The van der Waals surface area contributed by atoms with E-state index in [4.69, 9.17) is 4.74 Å². The molecule has 2 aromatic rings. The molecular formula is C32H47N3O5. The van der Waals surface area contributed by atoms with Crippen molar-refractivity contribution in [1.82, 2.24) is 10.2 Å². The van der Waals surface area contributed by atoms with Gasteiger partial charge >= 0.3 is 6.09 Å². The molecule has 3 N–H and O–H groups in total. The van der Waals surface area contributed by atoms with Gasteiger partial charge in [-0.15, -0.1) is 0 Å². The quantitative estimate of drug-likeness (QED) is 0.284. The maximum Gasteiger partial charge on any atom is 0.408 e. The van der Waals surface area contributed by atoms with Crippen molar-refractivity contribution in [1.29, 1.82) is 0 Å². The number of alkyl carbamates (subject to hydrolysis) is 1. The van der Waals surface area contributed by atoms with Crippen molar-refractivity contribution in [2.45, 2.75) is 98.8 Å². The van der Waals surface area contributed by atoms with Crippen molar-refractivity contribution < 1.29 is 24.2 Å². The molecule has 0 heterocycles. The number of rotatable bonds is 12. The summed E-state index contributed by atoms with van der Waals surface area (Å²) < 4.78 is 5.33. The van der Waals surface area contributed by atoms with Crippen LogP contribution in [0.1, 0.15) is 87.2 Å². The second-order valence-electron chi connectivity index (χ2n) is 11.5. The first-order valence-electron chi connectivity index (χ1n) is 14.1. The van der Waals surface area contributed by atoms with Crippen LogP contribution in [0.5, 0.6) is 0 Å². The molecule has 0 aromatic heterocycles. The lowest BCUT2D eigenvalue weighted by molar-refractivity contribution is -0.141. The lowest BCUT2D eigenvalue weighted by atomic mass is 9.97. The minimum absolute atomic E-state index is 0.281. The molecule has 8 heteroatoms. The Morgan fingerprint density at radius 3 is 2.12 bits per heavy atom. The van der Waals surface area contributed by atoms with E-state index >= 15 is 0 Å². The number of carbonyl (C=O) groups excluding carboxylic acids is 3. The molecular weight excluding hydrogens is 506 g/mol. The Hall–Kier alpha value is -3.39. The van der Waals surface area contributed by atoms with Gasteiger partial charge in [0.2, 0.25) is 5.91 Å². The van der Waals surface area contributed by atoms with Crippen molar-refractivity contribution in [3.05, 3.63) is 64.2 Å². The van der Waals surface area contributed by atoms with Crippen molar-refractivity contribution >= 4 is 23.6 Å². The molecule has 2 rings (SSSR count). The molecule has 2 unspecified atom stereocenters. The summed E-state index contributed by atoms with van der Waals surface area (Å²) in [7, 11) is 0. The summed E-state index contributed by atoms with van der Waals surface area (Å²) in [5, 5.41) is 15.7. The van der Waals surface area contributed by atoms with Gasteiger partial charge in [-0.1, -0.05) is 62.6 Å². The Balaban J connectivity index is 2.56. The Bertz CT molecular complexity index is 1150. The molecule has 2 aromatic carbocycles. The number of nitrogens with zero attached hydrogens (tertiary/aromatic N) is 1. The van der Waals surface area contributed by atoms with Gasteiger partial charge in [0.15, 0.2) is 0 Å². The molecule has 0 bridgehead atoms. The number of aryl methyl sites for hydroxylation is 4. The highest BCUT2D eigenvalue weighted by molar-refractivity contribution is 6.00. The number of benzene rings is 2. The molecule has 0 aliphatic carbocycles. The topological polar surface area (TPSA) is 108 Å². The molecule has 0 saturated carbocycles. The monoisotopic (exact) mass is 553 g/mol. The zero-order chi connectivity index (χ0) is 30.0. The van der Waals surface area contributed by atoms with Crippen LogP contribution in [-0.2, 0) is 14.3 Å². The summed E-state index contributed by atoms with van der Waals surface area (Å²) in [5.41, 5.74) is 4.46. The third-order valence-electron chi connectivity index (χ3n) is 6.84. The van der Waals surface area contributed by atoms with Gasteiger partial charge in [-0.05, 0) is 82.7 Å². The second-order valence-corrected chi connectivity index (χ2v) is 11.5. The van der Waals surface area contributed by atoms with Gasteiger partial charge in [-0.2, -0.15) is 0 Å². The van der Waals surface area contributed by atoms with Crippen molar-refractivity contribution in [3.63, 3.8) is 0 Å². The molecule has 0 fully saturated rings. The lowest BCUT2D eigenvalue weighted by Gasteiger charge is -2.34. The van der Waals surface area contributed by atoms with E-state index in [0.29, 0.717) is 17.7 Å². The summed E-state index contributed by atoms with van der Waals surface area (Å²) in [6.07, 6.45) is 2.74. The molecule has 2 atom stereocenters. The summed E-state index contributed by atoms with van der Waals surface area (Å²) in [4.78, 5) is 42.1. The lowest BCUT2D eigenvalue weighted by Crippen LogP contribution is -2.54. The van der Waals surface area contributed by atoms with Gasteiger partial charge in [0.05, 0.1) is 6.61 Å². The predicted molar refractivity (Wildman–Crippen MR) is 159 cm³/mol. The minimum Gasteiger partial charge on any atom is -0.444 e. The number of aliphatic hydroxyl groups excluding tert-OH is 1. The number of nitrogens with one attached hydrogen (secondary N) is 2. The molecule has 0 saturated heterocycles. The Morgan fingerprint density at radius 1 is 0.925 bits per heavy atom. The number of hydrogen-bond donors (Lipinski definition) is 3. The largest absolute Gasteiger partial charge is 0.444 e. The van der Waals surface area contributed by atoms with Gasteiger partial charge in [0.1, 0.15) is 17.7 Å². The normalized spacial score (nSPS) is 12.8. The number of anilines is 1. The van der Waals surface area contributed by atoms with Crippen LogP contribution >= 0.6 is 0 Å². The smallest absolute Gasteiger partial charge is 0.408 e. The van der Waals surface area contributed by atoms with Crippen LogP contribution in [0, 0.1) is 27.7 Å². The van der Waals surface area contributed by atoms with Crippen LogP contribution in [0.2, 0.25) is 0 Å². The number of para-hydroxylation sites is 1. The predicted octanol–water partition coefficient (Wildman–Crippen LogP) is 5.89. The third kappa shape index (κ3) is 9.37. The van der Waals surface area contributed by atoms with E-state index in [1.165, 1.54) is 4.90 Å². The van der Waals surface area contributed by atoms with Gasteiger partial charge in [-0.25, -0.2) is 4.79 Å². The molecule has 0 spiro atoms. The van der Waals surface area contributed by atoms with E-state index in [2.05, 4.69) is 17.6 Å². The fourth-order valence-electron chi connectivity index (χ4n) is 4.52. The molecule has 0 radical (unpaired) electrons.